The molecular formula is C19H21NO5. The molecule has 0 aliphatic rings. The molecule has 0 atom stereocenters. The molecule has 0 spiro atoms. The molecule has 0 fully saturated rings. The predicted octanol–water partition coefficient (Wildman–Crippen LogP) is 2.32. The summed E-state index contributed by atoms with van der Waals surface area (Å²) in [6, 6.07) is 16.4. The van der Waals surface area contributed by atoms with Crippen LogP contribution >= 0.6 is 0 Å². The molecule has 0 saturated heterocycles. The molecule has 0 unspecified atom stereocenters. The lowest BCUT2D eigenvalue weighted by Gasteiger charge is -2.08. The third-order valence-corrected chi connectivity index (χ3v) is 3.19. The fourth-order valence-corrected chi connectivity index (χ4v) is 1.98. The standard InChI is InChI=1S/C19H21NO5/c1-2-23-16-8-10-17(11-9-16)24-14-19(22)25-13-18(21)20-12-15-6-4-3-5-7-15/h3-11H,2,12-14H2,1H3,(H,20,21). The van der Waals surface area contributed by atoms with Crippen LogP contribution in [0.4, 0.5) is 0 Å². The van der Waals surface area contributed by atoms with Crippen molar-refractivity contribution in [2.75, 3.05) is 19.8 Å². The first kappa shape index (κ1) is 18.3. The van der Waals surface area contributed by atoms with E-state index in [-0.39, 0.29) is 19.1 Å². The molecule has 2 aromatic carbocycles. The van der Waals surface area contributed by atoms with Gasteiger partial charge in [-0.2, -0.15) is 0 Å². The molecule has 25 heavy (non-hydrogen) atoms. The zero-order valence-corrected chi connectivity index (χ0v) is 14.1. The second kappa shape index (κ2) is 9.97. The van der Waals surface area contributed by atoms with Crippen LogP contribution in [0, 0.1) is 0 Å². The van der Waals surface area contributed by atoms with Gasteiger partial charge < -0.3 is 19.5 Å². The van der Waals surface area contributed by atoms with E-state index >= 15 is 0 Å². The highest BCUT2D eigenvalue weighted by Crippen LogP contribution is 2.17. The van der Waals surface area contributed by atoms with Crippen molar-refractivity contribution >= 4 is 11.9 Å². The molecule has 2 aromatic rings. The van der Waals surface area contributed by atoms with E-state index in [1.54, 1.807) is 24.3 Å². The Balaban J connectivity index is 1.63. The minimum absolute atomic E-state index is 0.264. The minimum Gasteiger partial charge on any atom is -0.494 e. The summed E-state index contributed by atoms with van der Waals surface area (Å²) >= 11 is 0. The summed E-state index contributed by atoms with van der Waals surface area (Å²) in [5, 5.41) is 2.68. The normalized spacial score (nSPS) is 9.96. The van der Waals surface area contributed by atoms with Gasteiger partial charge in [0, 0.05) is 6.54 Å². The maximum atomic E-state index is 11.7. The summed E-state index contributed by atoms with van der Waals surface area (Å²) in [5.74, 6) is 0.281. The van der Waals surface area contributed by atoms with Crippen LogP contribution in [0.5, 0.6) is 11.5 Å². The van der Waals surface area contributed by atoms with Gasteiger partial charge in [0.25, 0.3) is 5.91 Å². The molecule has 0 saturated carbocycles. The highest BCUT2D eigenvalue weighted by atomic mass is 16.6. The van der Waals surface area contributed by atoms with Crippen molar-refractivity contribution < 1.29 is 23.8 Å². The van der Waals surface area contributed by atoms with Gasteiger partial charge in [0.1, 0.15) is 11.5 Å². The van der Waals surface area contributed by atoms with Gasteiger partial charge in [0.15, 0.2) is 13.2 Å². The second-order valence-electron chi connectivity index (χ2n) is 5.12. The summed E-state index contributed by atoms with van der Waals surface area (Å²) in [7, 11) is 0. The number of hydrogen-bond acceptors (Lipinski definition) is 5. The van der Waals surface area contributed by atoms with Crippen LogP contribution in [0.1, 0.15) is 12.5 Å². The van der Waals surface area contributed by atoms with Crippen LogP contribution in [-0.4, -0.2) is 31.7 Å². The summed E-state index contributed by atoms with van der Waals surface area (Å²) in [6.07, 6.45) is 0. The number of carbonyl (C=O) groups is 2. The highest BCUT2D eigenvalue weighted by molar-refractivity contribution is 5.80. The molecule has 0 aromatic heterocycles. The zero-order chi connectivity index (χ0) is 17.9. The molecule has 1 amide bonds. The average molecular weight is 343 g/mol. The van der Waals surface area contributed by atoms with Crippen molar-refractivity contribution in [1.29, 1.82) is 0 Å². The quantitative estimate of drug-likeness (QED) is 0.708. The Bertz CT molecular complexity index is 670. The van der Waals surface area contributed by atoms with E-state index in [1.165, 1.54) is 0 Å². The fourth-order valence-electron chi connectivity index (χ4n) is 1.98. The number of esters is 1. The van der Waals surface area contributed by atoms with Crippen molar-refractivity contribution in [2.24, 2.45) is 0 Å². The van der Waals surface area contributed by atoms with Gasteiger partial charge in [0.05, 0.1) is 6.61 Å². The van der Waals surface area contributed by atoms with E-state index in [0.29, 0.717) is 18.9 Å². The average Bonchev–Trinajstić information content (AvgIpc) is 2.65. The van der Waals surface area contributed by atoms with Gasteiger partial charge >= 0.3 is 5.97 Å². The van der Waals surface area contributed by atoms with Gasteiger partial charge in [-0.15, -0.1) is 0 Å². The summed E-state index contributed by atoms with van der Waals surface area (Å²) < 4.78 is 15.5. The number of ether oxygens (including phenoxy) is 3. The lowest BCUT2D eigenvalue weighted by Crippen LogP contribution is -2.29. The number of rotatable bonds is 9. The van der Waals surface area contributed by atoms with Crippen LogP contribution < -0.4 is 14.8 Å². The van der Waals surface area contributed by atoms with Crippen molar-refractivity contribution in [2.45, 2.75) is 13.5 Å². The van der Waals surface area contributed by atoms with Crippen LogP contribution in [0.15, 0.2) is 54.6 Å². The lowest BCUT2D eigenvalue weighted by atomic mass is 10.2. The first-order valence-corrected chi connectivity index (χ1v) is 7.99. The first-order chi connectivity index (χ1) is 12.2. The van der Waals surface area contributed by atoms with Gasteiger partial charge in [0.2, 0.25) is 0 Å². The Labute approximate surface area is 146 Å². The van der Waals surface area contributed by atoms with Crippen molar-refractivity contribution in [3.63, 3.8) is 0 Å². The summed E-state index contributed by atoms with van der Waals surface area (Å²) in [6.45, 7) is 2.27. The number of carbonyl (C=O) groups excluding carboxylic acids is 2. The van der Waals surface area contributed by atoms with E-state index in [0.717, 1.165) is 11.3 Å². The van der Waals surface area contributed by atoms with E-state index in [9.17, 15) is 9.59 Å². The van der Waals surface area contributed by atoms with Gasteiger partial charge in [-0.3, -0.25) is 4.79 Å². The molecule has 0 aliphatic heterocycles. The Hall–Kier alpha value is -3.02. The molecule has 0 radical (unpaired) electrons. The molecule has 132 valence electrons. The first-order valence-electron chi connectivity index (χ1n) is 7.99. The highest BCUT2D eigenvalue weighted by Gasteiger charge is 2.08. The molecule has 6 nitrogen and oxygen atoms in total. The van der Waals surface area contributed by atoms with Gasteiger partial charge in [-0.05, 0) is 36.8 Å². The fraction of sp³-hybridized carbons (Fsp3) is 0.263. The number of hydrogen-bond donors (Lipinski definition) is 1. The largest absolute Gasteiger partial charge is 0.494 e. The summed E-state index contributed by atoms with van der Waals surface area (Å²) in [5.41, 5.74) is 0.973. The van der Waals surface area contributed by atoms with Crippen LogP contribution in [0.3, 0.4) is 0 Å². The summed E-state index contributed by atoms with van der Waals surface area (Å²) in [4.78, 5) is 23.3. The maximum absolute atomic E-state index is 11.7. The van der Waals surface area contributed by atoms with E-state index < -0.39 is 5.97 Å². The Kier molecular flexibility index (Phi) is 7.31. The molecule has 0 bridgehead atoms. The van der Waals surface area contributed by atoms with Crippen LogP contribution in [0.2, 0.25) is 0 Å². The maximum Gasteiger partial charge on any atom is 0.344 e. The Morgan fingerprint density at radius 2 is 1.52 bits per heavy atom. The predicted molar refractivity (Wildman–Crippen MR) is 92.4 cm³/mol. The van der Waals surface area contributed by atoms with Gasteiger partial charge in [-0.25, -0.2) is 4.79 Å². The van der Waals surface area contributed by atoms with Crippen LogP contribution in [-0.2, 0) is 20.9 Å². The smallest absolute Gasteiger partial charge is 0.344 e. The number of benzene rings is 2. The molecular weight excluding hydrogens is 322 g/mol. The zero-order valence-electron chi connectivity index (χ0n) is 14.1. The molecule has 1 N–H and O–H groups in total. The van der Waals surface area contributed by atoms with E-state index in [1.807, 2.05) is 37.3 Å². The molecule has 0 heterocycles. The molecule has 0 aliphatic carbocycles. The van der Waals surface area contributed by atoms with Crippen molar-refractivity contribution in [1.82, 2.24) is 5.32 Å². The second-order valence-corrected chi connectivity index (χ2v) is 5.12. The van der Waals surface area contributed by atoms with E-state index in [4.69, 9.17) is 14.2 Å². The monoisotopic (exact) mass is 343 g/mol. The van der Waals surface area contributed by atoms with Crippen molar-refractivity contribution in [3.8, 4) is 11.5 Å². The third-order valence-electron chi connectivity index (χ3n) is 3.19. The molecule has 6 heteroatoms. The van der Waals surface area contributed by atoms with E-state index in [2.05, 4.69) is 5.32 Å². The minimum atomic E-state index is -0.608. The third kappa shape index (κ3) is 6.95. The number of amides is 1. The SMILES string of the molecule is CCOc1ccc(OCC(=O)OCC(=O)NCc2ccccc2)cc1. The topological polar surface area (TPSA) is 73.9 Å². The Morgan fingerprint density at radius 3 is 2.16 bits per heavy atom. The number of nitrogens with one attached hydrogen (secondary N) is 1. The molecule has 2 rings (SSSR count). The lowest BCUT2D eigenvalue weighted by molar-refractivity contribution is -0.150. The van der Waals surface area contributed by atoms with Crippen LogP contribution in [0.25, 0.3) is 0 Å². The van der Waals surface area contributed by atoms with Gasteiger partial charge in [-0.1, -0.05) is 30.3 Å². The van der Waals surface area contributed by atoms with Crippen molar-refractivity contribution in [3.05, 3.63) is 60.2 Å². The Morgan fingerprint density at radius 1 is 0.880 bits per heavy atom.